The third-order valence-electron chi connectivity index (χ3n) is 3.25. The first-order valence-electron chi connectivity index (χ1n) is 6.30. The van der Waals surface area contributed by atoms with Crippen molar-refractivity contribution in [3.63, 3.8) is 0 Å². The molecule has 0 N–H and O–H groups in total. The molecule has 1 atom stereocenters. The van der Waals surface area contributed by atoms with Crippen LogP contribution in [0.3, 0.4) is 0 Å². The van der Waals surface area contributed by atoms with Crippen LogP contribution in [-0.2, 0) is 11.3 Å². The maximum atomic E-state index is 11.6. The van der Waals surface area contributed by atoms with E-state index in [0.717, 1.165) is 22.9 Å². The molecule has 0 aliphatic rings. The Labute approximate surface area is 122 Å². The third kappa shape index (κ3) is 3.08. The molecule has 2 aromatic rings. The van der Waals surface area contributed by atoms with Crippen LogP contribution in [-0.4, -0.2) is 30.0 Å². The number of ether oxygens (including phenoxy) is 1. The van der Waals surface area contributed by atoms with Crippen molar-refractivity contribution in [3.8, 4) is 0 Å². The number of hydrogen-bond acceptors (Lipinski definition) is 6. The molecule has 0 spiro atoms. The number of rotatable bonds is 5. The minimum Gasteiger partial charge on any atom is -0.463 e. The number of esters is 1. The molecule has 2 heterocycles. The highest BCUT2D eigenvalue weighted by atomic mass is 32.1. The number of aryl methyl sites for hydroxylation is 1. The van der Waals surface area contributed by atoms with Gasteiger partial charge in [-0.25, -0.2) is 9.78 Å². The highest BCUT2D eigenvalue weighted by Crippen LogP contribution is 2.26. The second kappa shape index (κ2) is 6.19. The van der Waals surface area contributed by atoms with Crippen LogP contribution < -0.4 is 0 Å². The summed E-state index contributed by atoms with van der Waals surface area (Å²) in [6, 6.07) is 1.94. The molecule has 6 heteroatoms. The lowest BCUT2D eigenvalue weighted by molar-refractivity contribution is 0.0558. The van der Waals surface area contributed by atoms with Crippen molar-refractivity contribution in [1.82, 2.24) is 9.88 Å². The van der Waals surface area contributed by atoms with Gasteiger partial charge in [-0.1, -0.05) is 0 Å². The molecule has 0 aliphatic heterocycles. The van der Waals surface area contributed by atoms with E-state index < -0.39 is 5.97 Å². The van der Waals surface area contributed by atoms with E-state index in [1.165, 1.54) is 7.11 Å². The molecule has 0 bridgehead atoms. The number of carbonyl (C=O) groups is 1. The predicted octanol–water partition coefficient (Wildman–Crippen LogP) is 3.02. The first kappa shape index (κ1) is 14.7. The molecule has 2 rings (SSSR count). The van der Waals surface area contributed by atoms with Gasteiger partial charge in [-0.2, -0.15) is 0 Å². The largest absolute Gasteiger partial charge is 0.463 e. The summed E-state index contributed by atoms with van der Waals surface area (Å²) in [5.41, 5.74) is 0.793. The Balaban J connectivity index is 2.12. The maximum absolute atomic E-state index is 11.6. The summed E-state index contributed by atoms with van der Waals surface area (Å²) < 4.78 is 10.3. The monoisotopic (exact) mass is 294 g/mol. The van der Waals surface area contributed by atoms with Gasteiger partial charge >= 0.3 is 5.97 Å². The standard InChI is InChI=1S/C14H18N2O3S/c1-9-7-11(19-13(9)14(17)18-4)10(2)16(3)8-12-15-5-6-20-12/h5-7,10H,8H2,1-4H3/t10-/m1/s1. The van der Waals surface area contributed by atoms with Gasteiger partial charge in [-0.15, -0.1) is 11.3 Å². The van der Waals surface area contributed by atoms with E-state index in [1.807, 2.05) is 32.3 Å². The molecule has 0 aliphatic carbocycles. The van der Waals surface area contributed by atoms with Crippen LogP contribution in [0.4, 0.5) is 0 Å². The molecular weight excluding hydrogens is 276 g/mol. The van der Waals surface area contributed by atoms with E-state index in [1.54, 1.807) is 17.5 Å². The van der Waals surface area contributed by atoms with E-state index >= 15 is 0 Å². The molecule has 5 nitrogen and oxygen atoms in total. The van der Waals surface area contributed by atoms with Crippen LogP contribution >= 0.6 is 11.3 Å². The zero-order chi connectivity index (χ0) is 14.7. The molecule has 108 valence electrons. The van der Waals surface area contributed by atoms with Crippen LogP contribution in [0.15, 0.2) is 22.1 Å². The van der Waals surface area contributed by atoms with E-state index in [2.05, 4.69) is 9.88 Å². The third-order valence-corrected chi connectivity index (χ3v) is 4.01. The van der Waals surface area contributed by atoms with Crippen LogP contribution in [0.2, 0.25) is 0 Å². The van der Waals surface area contributed by atoms with E-state index in [9.17, 15) is 4.79 Å². The molecule has 0 amide bonds. The van der Waals surface area contributed by atoms with Crippen molar-refractivity contribution in [2.75, 3.05) is 14.2 Å². The van der Waals surface area contributed by atoms with Crippen molar-refractivity contribution in [2.45, 2.75) is 26.4 Å². The van der Waals surface area contributed by atoms with Crippen molar-refractivity contribution < 1.29 is 13.9 Å². The first-order chi connectivity index (χ1) is 9.52. The molecule has 0 radical (unpaired) electrons. The summed E-state index contributed by atoms with van der Waals surface area (Å²) in [6.07, 6.45) is 1.80. The Morgan fingerprint density at radius 2 is 2.35 bits per heavy atom. The lowest BCUT2D eigenvalue weighted by Gasteiger charge is -2.21. The average molecular weight is 294 g/mol. The van der Waals surface area contributed by atoms with Crippen molar-refractivity contribution in [1.29, 1.82) is 0 Å². The van der Waals surface area contributed by atoms with Crippen LogP contribution in [0, 0.1) is 6.92 Å². The second-order valence-corrected chi connectivity index (χ2v) is 5.65. The summed E-state index contributed by atoms with van der Waals surface area (Å²) in [5.74, 6) is 0.586. The summed E-state index contributed by atoms with van der Waals surface area (Å²) >= 11 is 1.62. The molecule has 0 fully saturated rings. The van der Waals surface area contributed by atoms with E-state index in [4.69, 9.17) is 9.15 Å². The molecule has 0 unspecified atom stereocenters. The number of methoxy groups -OCH3 is 1. The van der Waals surface area contributed by atoms with Gasteiger partial charge < -0.3 is 9.15 Å². The lowest BCUT2D eigenvalue weighted by Crippen LogP contribution is -2.21. The Morgan fingerprint density at radius 3 is 2.95 bits per heavy atom. The molecule has 0 aromatic carbocycles. The fourth-order valence-corrected chi connectivity index (χ4v) is 2.59. The topological polar surface area (TPSA) is 55.6 Å². The van der Waals surface area contributed by atoms with Crippen molar-refractivity contribution in [3.05, 3.63) is 39.7 Å². The van der Waals surface area contributed by atoms with Crippen LogP contribution in [0.5, 0.6) is 0 Å². The minimum atomic E-state index is -0.441. The van der Waals surface area contributed by atoms with Gasteiger partial charge in [-0.05, 0) is 27.0 Å². The Kier molecular flexibility index (Phi) is 4.57. The smallest absolute Gasteiger partial charge is 0.374 e. The highest BCUT2D eigenvalue weighted by Gasteiger charge is 2.21. The SMILES string of the molecule is COC(=O)c1oc([C@@H](C)N(C)Cc2nccs2)cc1C. The number of aromatic nitrogens is 1. The van der Waals surface area contributed by atoms with Crippen LogP contribution in [0.25, 0.3) is 0 Å². The average Bonchev–Trinajstić information content (AvgIpc) is 3.06. The normalized spacial score (nSPS) is 12.7. The first-order valence-corrected chi connectivity index (χ1v) is 7.18. The fraction of sp³-hybridized carbons (Fsp3) is 0.429. The number of carbonyl (C=O) groups excluding carboxylic acids is 1. The van der Waals surface area contributed by atoms with Gasteiger partial charge in [0.1, 0.15) is 10.8 Å². The molecule has 0 saturated carbocycles. The van der Waals surface area contributed by atoms with E-state index in [0.29, 0.717) is 0 Å². The zero-order valence-corrected chi connectivity index (χ0v) is 12.9. The Morgan fingerprint density at radius 1 is 1.60 bits per heavy atom. The summed E-state index contributed by atoms with van der Waals surface area (Å²) in [7, 11) is 3.35. The van der Waals surface area contributed by atoms with Gasteiger partial charge in [0.05, 0.1) is 19.7 Å². The number of nitrogens with zero attached hydrogens (tertiary/aromatic N) is 2. The Bertz CT molecular complexity index is 577. The molecule has 20 heavy (non-hydrogen) atoms. The zero-order valence-electron chi connectivity index (χ0n) is 12.0. The number of thiazole rings is 1. The van der Waals surface area contributed by atoms with Gasteiger partial charge in [0.2, 0.25) is 5.76 Å². The van der Waals surface area contributed by atoms with Gasteiger partial charge in [0.15, 0.2) is 0 Å². The van der Waals surface area contributed by atoms with Crippen molar-refractivity contribution in [2.24, 2.45) is 0 Å². The molecular formula is C14H18N2O3S. The molecule has 0 saturated heterocycles. The van der Waals surface area contributed by atoms with Gasteiger partial charge in [0, 0.05) is 17.1 Å². The van der Waals surface area contributed by atoms with E-state index in [-0.39, 0.29) is 11.8 Å². The lowest BCUT2D eigenvalue weighted by atomic mass is 10.2. The highest BCUT2D eigenvalue weighted by molar-refractivity contribution is 7.09. The number of furan rings is 1. The predicted molar refractivity (Wildman–Crippen MR) is 76.8 cm³/mol. The molecule has 2 aromatic heterocycles. The van der Waals surface area contributed by atoms with Crippen molar-refractivity contribution >= 4 is 17.3 Å². The number of hydrogen-bond donors (Lipinski definition) is 0. The summed E-state index contributed by atoms with van der Waals surface area (Å²) in [4.78, 5) is 18.0. The Hall–Kier alpha value is -1.66. The van der Waals surface area contributed by atoms with Gasteiger partial charge in [-0.3, -0.25) is 4.90 Å². The quantitative estimate of drug-likeness (QED) is 0.793. The maximum Gasteiger partial charge on any atom is 0.374 e. The minimum absolute atomic E-state index is 0.0519. The summed E-state index contributed by atoms with van der Waals surface area (Å²) in [6.45, 7) is 4.62. The fourth-order valence-electron chi connectivity index (χ4n) is 1.91. The summed E-state index contributed by atoms with van der Waals surface area (Å²) in [5, 5.41) is 3.01. The van der Waals surface area contributed by atoms with Gasteiger partial charge in [0.25, 0.3) is 0 Å². The second-order valence-electron chi connectivity index (χ2n) is 4.67. The van der Waals surface area contributed by atoms with Crippen LogP contribution in [0.1, 0.15) is 39.9 Å².